The van der Waals surface area contributed by atoms with Crippen molar-refractivity contribution in [2.45, 2.75) is 18.8 Å². The molecule has 6 nitrogen and oxygen atoms in total. The van der Waals surface area contributed by atoms with E-state index >= 15 is 0 Å². The minimum Gasteiger partial charge on any atom is -0.484 e. The van der Waals surface area contributed by atoms with Crippen LogP contribution in [0.4, 0.5) is 5.69 Å². The van der Waals surface area contributed by atoms with Crippen LogP contribution in [-0.4, -0.2) is 21.9 Å². The highest BCUT2D eigenvalue weighted by Crippen LogP contribution is 2.24. The van der Waals surface area contributed by atoms with E-state index in [0.29, 0.717) is 21.9 Å². The third-order valence-corrected chi connectivity index (χ3v) is 5.35. The molecule has 0 saturated carbocycles. The summed E-state index contributed by atoms with van der Waals surface area (Å²) in [5.74, 6) is 1.04. The Bertz CT molecular complexity index is 1200. The van der Waals surface area contributed by atoms with Crippen LogP contribution in [0.3, 0.4) is 0 Å². The monoisotopic (exact) mass is 439 g/mol. The number of thioether (sulfide) groups is 1. The van der Waals surface area contributed by atoms with Gasteiger partial charge in [-0.25, -0.2) is 0 Å². The van der Waals surface area contributed by atoms with Crippen molar-refractivity contribution < 1.29 is 13.9 Å². The fourth-order valence-corrected chi connectivity index (χ4v) is 3.67. The summed E-state index contributed by atoms with van der Waals surface area (Å²) < 4.78 is 11.2. The number of nitrogens with zero attached hydrogens (tertiary/aromatic N) is 2. The topological polar surface area (TPSA) is 77.2 Å². The molecular formula is C22H18ClN3O3S. The Morgan fingerprint density at radius 2 is 1.93 bits per heavy atom. The van der Waals surface area contributed by atoms with Crippen molar-refractivity contribution in [1.82, 2.24) is 10.2 Å². The van der Waals surface area contributed by atoms with Crippen molar-refractivity contribution in [2.75, 3.05) is 11.1 Å². The van der Waals surface area contributed by atoms with E-state index in [2.05, 4.69) is 15.5 Å². The highest BCUT2D eigenvalue weighted by atomic mass is 35.5. The highest BCUT2D eigenvalue weighted by molar-refractivity contribution is 7.99. The summed E-state index contributed by atoms with van der Waals surface area (Å²) in [4.78, 5) is 12.2. The molecule has 0 radical (unpaired) electrons. The van der Waals surface area contributed by atoms with Gasteiger partial charge in [-0.15, -0.1) is 10.2 Å². The van der Waals surface area contributed by atoms with Gasteiger partial charge in [0.05, 0.1) is 5.75 Å². The Balaban J connectivity index is 1.28. The molecule has 0 atom stereocenters. The molecule has 152 valence electrons. The summed E-state index contributed by atoms with van der Waals surface area (Å²) >= 11 is 7.12. The molecule has 1 heterocycles. The lowest BCUT2D eigenvalue weighted by molar-refractivity contribution is -0.113. The van der Waals surface area contributed by atoms with Gasteiger partial charge in [-0.05, 0) is 53.6 Å². The second-order valence-electron chi connectivity index (χ2n) is 6.56. The van der Waals surface area contributed by atoms with Gasteiger partial charge in [0.2, 0.25) is 5.91 Å². The van der Waals surface area contributed by atoms with Crippen molar-refractivity contribution in [2.24, 2.45) is 0 Å². The Morgan fingerprint density at radius 1 is 1.10 bits per heavy atom. The standard InChI is InChI=1S/C22H18ClN3O3S/c1-14-10-17(23)7-9-19(14)28-12-21-25-26-22(29-21)30-13-20(27)24-18-8-6-15-4-2-3-5-16(15)11-18/h2-11H,12-13H2,1H3,(H,24,27). The first-order valence-electron chi connectivity index (χ1n) is 9.19. The third kappa shape index (κ3) is 5.11. The Kier molecular flexibility index (Phi) is 6.21. The summed E-state index contributed by atoms with van der Waals surface area (Å²) in [7, 11) is 0. The molecule has 0 bridgehead atoms. The summed E-state index contributed by atoms with van der Waals surface area (Å²) in [6.45, 7) is 2.05. The number of anilines is 1. The lowest BCUT2D eigenvalue weighted by Crippen LogP contribution is -2.13. The van der Waals surface area contributed by atoms with Gasteiger partial charge in [-0.1, -0.05) is 53.7 Å². The number of aryl methyl sites for hydroxylation is 1. The molecule has 3 aromatic carbocycles. The number of hydrogen-bond donors (Lipinski definition) is 1. The molecule has 0 aliphatic heterocycles. The average Bonchev–Trinajstić information content (AvgIpc) is 3.19. The first kappa shape index (κ1) is 20.3. The molecular weight excluding hydrogens is 422 g/mol. The number of halogens is 1. The largest absolute Gasteiger partial charge is 0.484 e. The number of hydrogen-bond acceptors (Lipinski definition) is 6. The van der Waals surface area contributed by atoms with Crippen LogP contribution in [0.15, 0.2) is 70.3 Å². The van der Waals surface area contributed by atoms with E-state index in [1.165, 1.54) is 11.8 Å². The lowest BCUT2D eigenvalue weighted by atomic mass is 10.1. The normalized spacial score (nSPS) is 10.9. The fraction of sp³-hybridized carbons (Fsp3) is 0.136. The minimum absolute atomic E-state index is 0.138. The van der Waals surface area contributed by atoms with Crippen LogP contribution < -0.4 is 10.1 Å². The number of nitrogens with one attached hydrogen (secondary N) is 1. The second-order valence-corrected chi connectivity index (χ2v) is 7.92. The molecule has 1 amide bonds. The van der Waals surface area contributed by atoms with E-state index in [1.807, 2.05) is 55.5 Å². The Morgan fingerprint density at radius 3 is 2.77 bits per heavy atom. The van der Waals surface area contributed by atoms with Crippen LogP contribution in [0.5, 0.6) is 5.75 Å². The molecule has 0 saturated heterocycles. The molecule has 0 spiro atoms. The van der Waals surface area contributed by atoms with Crippen LogP contribution in [-0.2, 0) is 11.4 Å². The zero-order valence-electron chi connectivity index (χ0n) is 16.1. The maximum atomic E-state index is 12.2. The molecule has 8 heteroatoms. The van der Waals surface area contributed by atoms with Gasteiger partial charge in [0, 0.05) is 10.7 Å². The van der Waals surface area contributed by atoms with E-state index < -0.39 is 0 Å². The fourth-order valence-electron chi connectivity index (χ4n) is 2.86. The molecule has 0 aliphatic rings. The van der Waals surface area contributed by atoms with Gasteiger partial charge in [-0.2, -0.15) is 0 Å². The number of benzene rings is 3. The maximum Gasteiger partial charge on any atom is 0.277 e. The van der Waals surface area contributed by atoms with E-state index in [4.69, 9.17) is 20.8 Å². The maximum absolute atomic E-state index is 12.2. The second kappa shape index (κ2) is 9.19. The number of aromatic nitrogens is 2. The van der Waals surface area contributed by atoms with Gasteiger partial charge < -0.3 is 14.5 Å². The molecule has 4 aromatic rings. The van der Waals surface area contributed by atoms with Crippen LogP contribution >= 0.6 is 23.4 Å². The number of rotatable bonds is 7. The van der Waals surface area contributed by atoms with E-state index in [-0.39, 0.29) is 18.3 Å². The number of amides is 1. The van der Waals surface area contributed by atoms with Crippen molar-refractivity contribution in [3.8, 4) is 5.75 Å². The van der Waals surface area contributed by atoms with Crippen molar-refractivity contribution in [3.05, 3.63) is 77.1 Å². The van der Waals surface area contributed by atoms with Crippen LogP contribution in [0.2, 0.25) is 5.02 Å². The van der Waals surface area contributed by atoms with Gasteiger partial charge in [0.15, 0.2) is 6.61 Å². The summed E-state index contributed by atoms with van der Waals surface area (Å²) in [6, 6.07) is 19.2. The number of carbonyl (C=O) groups excluding carboxylic acids is 1. The molecule has 0 aliphatic carbocycles. The average molecular weight is 440 g/mol. The number of ether oxygens (including phenoxy) is 1. The van der Waals surface area contributed by atoms with Crippen molar-refractivity contribution in [1.29, 1.82) is 0 Å². The zero-order valence-corrected chi connectivity index (χ0v) is 17.7. The summed E-state index contributed by atoms with van der Waals surface area (Å²) in [5.41, 5.74) is 1.67. The molecule has 0 fully saturated rings. The van der Waals surface area contributed by atoms with E-state index in [1.54, 1.807) is 12.1 Å². The predicted molar refractivity (Wildman–Crippen MR) is 118 cm³/mol. The van der Waals surface area contributed by atoms with Crippen LogP contribution in [0.25, 0.3) is 10.8 Å². The van der Waals surface area contributed by atoms with Crippen LogP contribution in [0.1, 0.15) is 11.5 Å². The summed E-state index contributed by atoms with van der Waals surface area (Å²) in [6.07, 6.45) is 0. The Labute approximate surface area is 182 Å². The third-order valence-electron chi connectivity index (χ3n) is 4.30. The smallest absolute Gasteiger partial charge is 0.277 e. The lowest BCUT2D eigenvalue weighted by Gasteiger charge is -2.06. The zero-order chi connectivity index (χ0) is 20.9. The molecule has 0 unspecified atom stereocenters. The summed E-state index contributed by atoms with van der Waals surface area (Å²) in [5, 5.41) is 13.9. The molecule has 4 rings (SSSR count). The minimum atomic E-state index is -0.150. The first-order chi connectivity index (χ1) is 14.6. The first-order valence-corrected chi connectivity index (χ1v) is 10.6. The SMILES string of the molecule is Cc1cc(Cl)ccc1OCc1nnc(SCC(=O)Nc2ccc3ccccc3c2)o1. The van der Waals surface area contributed by atoms with Crippen molar-refractivity contribution in [3.63, 3.8) is 0 Å². The molecule has 30 heavy (non-hydrogen) atoms. The molecule has 1 aromatic heterocycles. The van der Waals surface area contributed by atoms with Gasteiger partial charge in [0.1, 0.15) is 5.75 Å². The quantitative estimate of drug-likeness (QED) is 0.383. The Hall–Kier alpha value is -3.03. The van der Waals surface area contributed by atoms with Gasteiger partial charge >= 0.3 is 0 Å². The highest BCUT2D eigenvalue weighted by Gasteiger charge is 2.11. The van der Waals surface area contributed by atoms with Crippen molar-refractivity contribution >= 4 is 45.7 Å². The van der Waals surface area contributed by atoms with Crippen LogP contribution in [0, 0.1) is 6.92 Å². The molecule has 1 N–H and O–H groups in total. The predicted octanol–water partition coefficient (Wildman–Crippen LogP) is 5.49. The number of carbonyl (C=O) groups is 1. The van der Waals surface area contributed by atoms with E-state index in [9.17, 15) is 4.79 Å². The van der Waals surface area contributed by atoms with E-state index in [0.717, 1.165) is 22.0 Å². The van der Waals surface area contributed by atoms with Gasteiger partial charge in [0.25, 0.3) is 11.1 Å². The van der Waals surface area contributed by atoms with Gasteiger partial charge in [-0.3, -0.25) is 4.79 Å². The number of fused-ring (bicyclic) bond motifs is 1.